The van der Waals surface area contributed by atoms with E-state index in [1.807, 2.05) is 18.2 Å². The summed E-state index contributed by atoms with van der Waals surface area (Å²) in [5.41, 5.74) is 0. The number of benzene rings is 4. The predicted molar refractivity (Wildman–Crippen MR) is 89.0 cm³/mol. The van der Waals surface area contributed by atoms with Crippen molar-refractivity contribution in [3.63, 3.8) is 0 Å². The Kier molecular flexibility index (Phi) is 2.79. The third-order valence-corrected chi connectivity index (χ3v) is 3.93. The van der Waals surface area contributed by atoms with Crippen molar-refractivity contribution in [2.75, 3.05) is 0 Å². The van der Waals surface area contributed by atoms with E-state index in [4.69, 9.17) is 9.68 Å². The summed E-state index contributed by atoms with van der Waals surface area (Å²) in [7, 11) is -0.319. The summed E-state index contributed by atoms with van der Waals surface area (Å²) < 4.78 is 5.43. The minimum atomic E-state index is -0.319. The lowest BCUT2D eigenvalue weighted by Gasteiger charge is -2.13. The lowest BCUT2D eigenvalue weighted by atomic mass is 9.95. The molecule has 21 heavy (non-hydrogen) atoms. The second-order valence-corrected chi connectivity index (χ2v) is 5.08. The summed E-state index contributed by atoms with van der Waals surface area (Å²) >= 11 is 0. The van der Waals surface area contributed by atoms with Crippen LogP contribution in [0.4, 0.5) is 0 Å². The fraction of sp³-hybridized carbons (Fsp3) is 0. The Morgan fingerprint density at radius 3 is 2.14 bits per heavy atom. The minimum absolute atomic E-state index is 0.319. The second-order valence-electron chi connectivity index (χ2n) is 5.08. The first kappa shape index (κ1) is 12.2. The molecular formula is C18H13BO2. The lowest BCUT2D eigenvalue weighted by molar-refractivity contribution is 0.457. The van der Waals surface area contributed by atoms with Crippen molar-refractivity contribution in [3.8, 4) is 5.75 Å². The van der Waals surface area contributed by atoms with E-state index >= 15 is 0 Å². The molecule has 100 valence electrons. The van der Waals surface area contributed by atoms with E-state index in [1.54, 1.807) is 0 Å². The zero-order valence-corrected chi connectivity index (χ0v) is 11.4. The fourth-order valence-corrected chi connectivity index (χ4v) is 3.03. The van der Waals surface area contributed by atoms with E-state index in [0.717, 1.165) is 16.5 Å². The number of fused-ring (bicyclic) bond motifs is 5. The maximum Gasteiger partial charge on any atom is 0.504 e. The van der Waals surface area contributed by atoms with Crippen LogP contribution in [0, 0.1) is 0 Å². The molecule has 0 bridgehead atoms. The zero-order valence-electron chi connectivity index (χ0n) is 11.4. The Bertz CT molecular complexity index is 947. The van der Waals surface area contributed by atoms with Gasteiger partial charge in [0.15, 0.2) is 0 Å². The third kappa shape index (κ3) is 1.86. The molecule has 4 aromatic rings. The lowest BCUT2D eigenvalue weighted by Crippen LogP contribution is -2.00. The van der Waals surface area contributed by atoms with Crippen molar-refractivity contribution in [1.29, 1.82) is 0 Å². The molecule has 3 heteroatoms. The van der Waals surface area contributed by atoms with E-state index in [-0.39, 0.29) is 7.69 Å². The van der Waals surface area contributed by atoms with Gasteiger partial charge >= 0.3 is 7.69 Å². The van der Waals surface area contributed by atoms with Gasteiger partial charge in [0, 0.05) is 10.8 Å². The molecule has 0 radical (unpaired) electrons. The molecule has 0 aliphatic rings. The van der Waals surface area contributed by atoms with Crippen LogP contribution in [0.3, 0.4) is 0 Å². The van der Waals surface area contributed by atoms with Gasteiger partial charge in [0.1, 0.15) is 5.75 Å². The van der Waals surface area contributed by atoms with Gasteiger partial charge in [0.25, 0.3) is 0 Å². The van der Waals surface area contributed by atoms with Gasteiger partial charge in [-0.1, -0.05) is 60.7 Å². The maximum absolute atomic E-state index is 9.14. The minimum Gasteiger partial charge on any atom is -0.538 e. The highest BCUT2D eigenvalue weighted by Gasteiger charge is 2.10. The van der Waals surface area contributed by atoms with Gasteiger partial charge in [0.2, 0.25) is 0 Å². The third-order valence-electron chi connectivity index (χ3n) is 3.93. The monoisotopic (exact) mass is 272 g/mol. The number of hydrogen-bond acceptors (Lipinski definition) is 2. The van der Waals surface area contributed by atoms with Gasteiger partial charge < -0.3 is 9.68 Å². The Hall–Kier alpha value is -2.52. The molecule has 4 aromatic carbocycles. The van der Waals surface area contributed by atoms with Gasteiger partial charge in [-0.15, -0.1) is 0 Å². The summed E-state index contributed by atoms with van der Waals surface area (Å²) in [5, 5.41) is 16.1. The molecule has 0 spiro atoms. The summed E-state index contributed by atoms with van der Waals surface area (Å²) in [4.78, 5) is 0. The van der Waals surface area contributed by atoms with Crippen molar-refractivity contribution < 1.29 is 9.68 Å². The van der Waals surface area contributed by atoms with Gasteiger partial charge in [0.05, 0.1) is 0 Å². The second kappa shape index (κ2) is 4.79. The van der Waals surface area contributed by atoms with Crippen molar-refractivity contribution in [3.05, 3.63) is 66.7 Å². The highest BCUT2D eigenvalue weighted by atomic mass is 16.5. The standard InChI is InChI=1S/C18H13BO2/c20-19-21-17-11-13-6-2-4-8-15(13)18-14-7-3-1-5-12(14)9-10-16(17)18/h1-11,19-20H. The summed E-state index contributed by atoms with van der Waals surface area (Å²) in [6.07, 6.45) is 0. The quantitative estimate of drug-likeness (QED) is 0.444. The topological polar surface area (TPSA) is 29.5 Å². The molecule has 0 fully saturated rings. The van der Waals surface area contributed by atoms with Crippen LogP contribution < -0.4 is 4.65 Å². The number of hydrogen-bond donors (Lipinski definition) is 1. The van der Waals surface area contributed by atoms with Gasteiger partial charge in [-0.05, 0) is 27.6 Å². The molecule has 0 saturated heterocycles. The SMILES string of the molecule is OBOc1cc2ccccc2c2c1ccc1ccccc12. The highest BCUT2D eigenvalue weighted by molar-refractivity contribution is 6.24. The first-order chi connectivity index (χ1) is 10.4. The van der Waals surface area contributed by atoms with Crippen molar-refractivity contribution in [1.82, 2.24) is 0 Å². The predicted octanol–water partition coefficient (Wildman–Crippen LogP) is 3.78. The summed E-state index contributed by atoms with van der Waals surface area (Å²) in [6, 6.07) is 22.8. The molecule has 0 aliphatic carbocycles. The van der Waals surface area contributed by atoms with E-state index < -0.39 is 0 Å². The average molecular weight is 272 g/mol. The van der Waals surface area contributed by atoms with E-state index in [2.05, 4.69) is 48.5 Å². The Balaban J connectivity index is 2.28. The largest absolute Gasteiger partial charge is 0.538 e. The Labute approximate surface area is 122 Å². The molecule has 0 saturated carbocycles. The normalized spacial score (nSPS) is 11.1. The van der Waals surface area contributed by atoms with Gasteiger partial charge in [-0.25, -0.2) is 0 Å². The molecule has 0 aliphatic heterocycles. The first-order valence-electron chi connectivity index (χ1n) is 6.95. The smallest absolute Gasteiger partial charge is 0.504 e. The summed E-state index contributed by atoms with van der Waals surface area (Å²) in [6.45, 7) is 0. The Morgan fingerprint density at radius 2 is 1.38 bits per heavy atom. The molecule has 4 rings (SSSR count). The molecule has 0 amide bonds. The zero-order chi connectivity index (χ0) is 14.2. The van der Waals surface area contributed by atoms with Crippen LogP contribution in [-0.4, -0.2) is 12.7 Å². The maximum atomic E-state index is 9.14. The van der Waals surface area contributed by atoms with Crippen LogP contribution in [0.2, 0.25) is 0 Å². The summed E-state index contributed by atoms with van der Waals surface area (Å²) in [5.74, 6) is 0.719. The van der Waals surface area contributed by atoms with Crippen molar-refractivity contribution in [2.45, 2.75) is 0 Å². The molecular weight excluding hydrogens is 259 g/mol. The first-order valence-corrected chi connectivity index (χ1v) is 6.95. The van der Waals surface area contributed by atoms with Gasteiger partial charge in [-0.3, -0.25) is 0 Å². The van der Waals surface area contributed by atoms with Crippen LogP contribution in [-0.2, 0) is 0 Å². The van der Waals surface area contributed by atoms with Crippen molar-refractivity contribution in [2.24, 2.45) is 0 Å². The van der Waals surface area contributed by atoms with Crippen LogP contribution >= 0.6 is 0 Å². The molecule has 0 unspecified atom stereocenters. The molecule has 0 heterocycles. The average Bonchev–Trinajstić information content (AvgIpc) is 2.54. The van der Waals surface area contributed by atoms with Crippen LogP contribution in [0.15, 0.2) is 66.7 Å². The van der Waals surface area contributed by atoms with Crippen LogP contribution in [0.5, 0.6) is 5.75 Å². The van der Waals surface area contributed by atoms with Crippen molar-refractivity contribution >= 4 is 40.0 Å². The fourth-order valence-electron chi connectivity index (χ4n) is 3.03. The molecule has 1 N–H and O–H groups in total. The van der Waals surface area contributed by atoms with E-state index in [1.165, 1.54) is 21.5 Å². The molecule has 0 aromatic heterocycles. The van der Waals surface area contributed by atoms with E-state index in [0.29, 0.717) is 0 Å². The van der Waals surface area contributed by atoms with E-state index in [9.17, 15) is 0 Å². The number of rotatable bonds is 2. The molecule has 0 atom stereocenters. The highest BCUT2D eigenvalue weighted by Crippen LogP contribution is 2.37. The van der Waals surface area contributed by atoms with Gasteiger partial charge in [-0.2, -0.15) is 0 Å². The van der Waals surface area contributed by atoms with Crippen LogP contribution in [0.25, 0.3) is 32.3 Å². The molecule has 2 nitrogen and oxygen atoms in total. The van der Waals surface area contributed by atoms with Crippen LogP contribution in [0.1, 0.15) is 0 Å². The Morgan fingerprint density at radius 1 is 0.714 bits per heavy atom.